The molecule has 0 fully saturated rings. The smallest absolute Gasteiger partial charge is 0.338 e. The third kappa shape index (κ3) is 2.19. The second kappa shape index (κ2) is 5.48. The van der Waals surface area contributed by atoms with Crippen LogP contribution < -0.4 is 0 Å². The van der Waals surface area contributed by atoms with Crippen molar-refractivity contribution in [3.05, 3.63) is 59.7 Å². The highest BCUT2D eigenvalue weighted by molar-refractivity contribution is 6.15. The van der Waals surface area contributed by atoms with E-state index >= 15 is 0 Å². The molecular weight excluding hydrogens is 280 g/mol. The van der Waals surface area contributed by atoms with E-state index in [1.165, 1.54) is 14.2 Å². The minimum absolute atomic E-state index is 0.193. The number of esters is 2. The van der Waals surface area contributed by atoms with Crippen molar-refractivity contribution < 1.29 is 19.1 Å². The fourth-order valence-corrected chi connectivity index (χ4v) is 2.65. The largest absolute Gasteiger partial charge is 0.465 e. The zero-order chi connectivity index (χ0) is 15.7. The maximum absolute atomic E-state index is 12.1. The van der Waals surface area contributed by atoms with E-state index < -0.39 is 11.9 Å². The molecule has 0 spiro atoms. The molecule has 4 heteroatoms. The monoisotopic (exact) mass is 294 g/mol. The molecule has 0 bridgehead atoms. The molecule has 0 radical (unpaired) electrons. The van der Waals surface area contributed by atoms with E-state index in [2.05, 4.69) is 0 Å². The molecule has 0 aliphatic carbocycles. The van der Waals surface area contributed by atoms with Crippen LogP contribution >= 0.6 is 0 Å². The molecule has 0 heterocycles. The molecule has 0 aromatic heterocycles. The quantitative estimate of drug-likeness (QED) is 0.678. The zero-order valence-electron chi connectivity index (χ0n) is 12.3. The van der Waals surface area contributed by atoms with Crippen LogP contribution in [-0.4, -0.2) is 26.2 Å². The van der Waals surface area contributed by atoms with Crippen molar-refractivity contribution in [2.75, 3.05) is 14.2 Å². The van der Waals surface area contributed by atoms with E-state index in [1.54, 1.807) is 12.1 Å². The molecule has 4 nitrogen and oxygen atoms in total. The molecule has 110 valence electrons. The van der Waals surface area contributed by atoms with Gasteiger partial charge in [-0.1, -0.05) is 36.4 Å². The highest BCUT2D eigenvalue weighted by atomic mass is 16.5. The maximum Gasteiger partial charge on any atom is 0.338 e. The summed E-state index contributed by atoms with van der Waals surface area (Å²) >= 11 is 0. The number of carbonyl (C=O) groups is 2. The number of ether oxygens (including phenoxy) is 2. The summed E-state index contributed by atoms with van der Waals surface area (Å²) in [5.41, 5.74) is 0.388. The summed E-state index contributed by atoms with van der Waals surface area (Å²) < 4.78 is 9.61. The first kappa shape index (κ1) is 14.1. The van der Waals surface area contributed by atoms with Crippen LogP contribution in [0.1, 0.15) is 20.7 Å². The highest BCUT2D eigenvalue weighted by Crippen LogP contribution is 2.29. The molecule has 0 aliphatic heterocycles. The van der Waals surface area contributed by atoms with Crippen molar-refractivity contribution in [3.63, 3.8) is 0 Å². The van der Waals surface area contributed by atoms with Gasteiger partial charge in [0.2, 0.25) is 0 Å². The molecule has 0 saturated carbocycles. The first-order valence-electron chi connectivity index (χ1n) is 6.78. The number of hydrogen-bond acceptors (Lipinski definition) is 4. The van der Waals surface area contributed by atoms with Gasteiger partial charge >= 0.3 is 11.9 Å². The molecule has 0 unspecified atom stereocenters. The Kier molecular flexibility index (Phi) is 3.51. The van der Waals surface area contributed by atoms with Gasteiger partial charge in [-0.05, 0) is 33.7 Å². The first-order valence-corrected chi connectivity index (χ1v) is 6.78. The summed E-state index contributed by atoms with van der Waals surface area (Å²) in [5, 5.41) is 3.76. The van der Waals surface area contributed by atoms with Gasteiger partial charge in [0.15, 0.2) is 0 Å². The van der Waals surface area contributed by atoms with Crippen molar-refractivity contribution in [2.45, 2.75) is 0 Å². The van der Waals surface area contributed by atoms with Gasteiger partial charge in [-0.3, -0.25) is 0 Å². The molecule has 0 N–H and O–H groups in total. The molecule has 22 heavy (non-hydrogen) atoms. The van der Waals surface area contributed by atoms with Crippen molar-refractivity contribution in [1.29, 1.82) is 0 Å². The van der Waals surface area contributed by atoms with E-state index in [9.17, 15) is 9.59 Å². The Balaban J connectivity index is 2.51. The molecule has 3 aromatic carbocycles. The first-order chi connectivity index (χ1) is 10.7. The Morgan fingerprint density at radius 3 is 1.73 bits per heavy atom. The Morgan fingerprint density at radius 1 is 0.727 bits per heavy atom. The Morgan fingerprint density at radius 2 is 1.18 bits per heavy atom. The molecule has 3 aromatic rings. The highest BCUT2D eigenvalue weighted by Gasteiger charge is 2.19. The molecule has 0 amide bonds. The number of carbonyl (C=O) groups excluding carboxylic acids is 2. The predicted octanol–water partition coefficient (Wildman–Crippen LogP) is 3.57. The van der Waals surface area contributed by atoms with Gasteiger partial charge in [0.1, 0.15) is 0 Å². The lowest BCUT2D eigenvalue weighted by Crippen LogP contribution is -2.10. The average Bonchev–Trinajstić information content (AvgIpc) is 2.72. The third-order valence-electron chi connectivity index (χ3n) is 3.67. The molecular formula is C18H14O4. The van der Waals surface area contributed by atoms with Crippen molar-refractivity contribution in [1.82, 2.24) is 0 Å². The Bertz CT molecular complexity index is 896. The summed E-state index contributed by atoms with van der Waals surface area (Å²) in [6.07, 6.45) is 0. The lowest BCUT2D eigenvalue weighted by atomic mass is 10.1. The minimum Gasteiger partial charge on any atom is -0.465 e. The lowest BCUT2D eigenvalue weighted by Gasteiger charge is -2.03. The topological polar surface area (TPSA) is 52.6 Å². The maximum atomic E-state index is 12.1. The SMILES string of the molecule is COC(=O)c1cc2ccccc3ccc(cc1C(=O)OC)c32. The Hall–Kier alpha value is -2.88. The van der Waals surface area contributed by atoms with E-state index in [1.807, 2.05) is 36.4 Å². The summed E-state index contributed by atoms with van der Waals surface area (Å²) in [4.78, 5) is 24.1. The predicted molar refractivity (Wildman–Crippen MR) is 84.1 cm³/mol. The summed E-state index contributed by atoms with van der Waals surface area (Å²) in [6.45, 7) is 0. The van der Waals surface area contributed by atoms with Crippen molar-refractivity contribution in [3.8, 4) is 0 Å². The fraction of sp³-hybridized carbons (Fsp3) is 0.111. The van der Waals surface area contributed by atoms with Gasteiger partial charge in [-0.2, -0.15) is 0 Å². The van der Waals surface area contributed by atoms with Gasteiger partial charge in [0.05, 0.1) is 25.3 Å². The van der Waals surface area contributed by atoms with Crippen LogP contribution in [0.3, 0.4) is 0 Å². The van der Waals surface area contributed by atoms with Crippen LogP contribution in [0, 0.1) is 0 Å². The summed E-state index contributed by atoms with van der Waals surface area (Å²) in [6, 6.07) is 15.0. The van der Waals surface area contributed by atoms with Gasteiger partial charge in [-0.25, -0.2) is 9.59 Å². The molecule has 0 atom stereocenters. The lowest BCUT2D eigenvalue weighted by molar-refractivity contribution is 0.0556. The van der Waals surface area contributed by atoms with Gasteiger partial charge < -0.3 is 9.47 Å². The number of rotatable bonds is 2. The van der Waals surface area contributed by atoms with Gasteiger partial charge in [0.25, 0.3) is 0 Å². The number of methoxy groups -OCH3 is 2. The van der Waals surface area contributed by atoms with Gasteiger partial charge in [-0.15, -0.1) is 0 Å². The van der Waals surface area contributed by atoms with Crippen LogP contribution in [0.25, 0.3) is 21.5 Å². The summed E-state index contributed by atoms with van der Waals surface area (Å²) in [7, 11) is 2.58. The van der Waals surface area contributed by atoms with Crippen LogP contribution in [0.2, 0.25) is 0 Å². The van der Waals surface area contributed by atoms with E-state index in [4.69, 9.17) is 9.47 Å². The molecule has 0 saturated heterocycles. The second-order valence-corrected chi connectivity index (χ2v) is 4.89. The molecule has 0 aliphatic rings. The van der Waals surface area contributed by atoms with Crippen LogP contribution in [0.4, 0.5) is 0 Å². The van der Waals surface area contributed by atoms with Crippen molar-refractivity contribution in [2.24, 2.45) is 0 Å². The second-order valence-electron chi connectivity index (χ2n) is 4.89. The van der Waals surface area contributed by atoms with E-state index in [-0.39, 0.29) is 11.1 Å². The zero-order valence-corrected chi connectivity index (χ0v) is 12.3. The normalized spacial score (nSPS) is 10.6. The summed E-state index contributed by atoms with van der Waals surface area (Å²) in [5.74, 6) is -1.13. The average molecular weight is 294 g/mol. The Labute approximate surface area is 127 Å². The third-order valence-corrected chi connectivity index (χ3v) is 3.67. The number of hydrogen-bond donors (Lipinski definition) is 0. The fourth-order valence-electron chi connectivity index (χ4n) is 2.65. The van der Waals surface area contributed by atoms with Gasteiger partial charge in [0, 0.05) is 0 Å². The van der Waals surface area contributed by atoms with Crippen molar-refractivity contribution >= 4 is 33.5 Å². The van der Waals surface area contributed by atoms with Crippen LogP contribution in [0.15, 0.2) is 48.5 Å². The van der Waals surface area contributed by atoms with E-state index in [0.717, 1.165) is 21.5 Å². The van der Waals surface area contributed by atoms with Crippen LogP contribution in [0.5, 0.6) is 0 Å². The van der Waals surface area contributed by atoms with Crippen LogP contribution in [-0.2, 0) is 9.47 Å². The minimum atomic E-state index is -0.568. The molecule has 3 rings (SSSR count). The van der Waals surface area contributed by atoms with E-state index in [0.29, 0.717) is 0 Å². The standard InChI is InChI=1S/C18H14O4/c1-21-17(19)14-9-12-6-4-3-5-11-7-8-13(16(11)12)10-15(14)18(20)22-2/h3-10H,1-2H3.